The molecule has 0 aliphatic carbocycles. The van der Waals surface area contributed by atoms with Crippen molar-refractivity contribution in [1.82, 2.24) is 9.97 Å². The van der Waals surface area contributed by atoms with Crippen LogP contribution in [0.15, 0.2) is 12.3 Å². The highest BCUT2D eigenvalue weighted by Crippen LogP contribution is 2.27. The molecule has 1 saturated heterocycles. The standard InChI is InChI=1S/C13H17F3N4O2/c1-7(2)9-6-22-12(21)20(9)10-4-5-17-11(19-10)18-8(3)13(14,15)16/h4-5,7-9H,6H2,1-3H3,(H,17,18,19)/t8-,9+/m0/s1. The van der Waals surface area contributed by atoms with Gasteiger partial charge in [0, 0.05) is 6.20 Å². The summed E-state index contributed by atoms with van der Waals surface area (Å²) in [4.78, 5) is 20.9. The minimum atomic E-state index is -4.41. The van der Waals surface area contributed by atoms with E-state index in [-0.39, 0.29) is 30.3 Å². The van der Waals surface area contributed by atoms with Crippen LogP contribution in [0.4, 0.5) is 29.7 Å². The lowest BCUT2D eigenvalue weighted by molar-refractivity contribution is -0.138. The van der Waals surface area contributed by atoms with Gasteiger partial charge in [0.25, 0.3) is 0 Å². The van der Waals surface area contributed by atoms with Gasteiger partial charge in [0.15, 0.2) is 0 Å². The first-order chi connectivity index (χ1) is 10.2. The molecule has 1 aliphatic rings. The third kappa shape index (κ3) is 3.40. The Morgan fingerprint density at radius 1 is 1.41 bits per heavy atom. The van der Waals surface area contributed by atoms with Crippen molar-refractivity contribution in [2.45, 2.75) is 39.0 Å². The summed E-state index contributed by atoms with van der Waals surface area (Å²) in [7, 11) is 0. The molecule has 0 saturated carbocycles. The average Bonchev–Trinajstić information content (AvgIpc) is 2.80. The van der Waals surface area contributed by atoms with Crippen molar-refractivity contribution >= 4 is 17.9 Å². The summed E-state index contributed by atoms with van der Waals surface area (Å²) in [5.74, 6) is 0.143. The summed E-state index contributed by atoms with van der Waals surface area (Å²) in [6.45, 7) is 5.04. The second-order valence-electron chi connectivity index (χ2n) is 5.40. The molecule has 1 amide bonds. The summed E-state index contributed by atoms with van der Waals surface area (Å²) in [6.07, 6.45) is -3.67. The van der Waals surface area contributed by atoms with Gasteiger partial charge in [-0.2, -0.15) is 18.2 Å². The molecule has 2 rings (SSSR count). The fourth-order valence-corrected chi connectivity index (χ4v) is 2.02. The lowest BCUT2D eigenvalue weighted by atomic mass is 10.0. The van der Waals surface area contributed by atoms with Gasteiger partial charge in [-0.15, -0.1) is 0 Å². The van der Waals surface area contributed by atoms with Crippen LogP contribution in [0.3, 0.4) is 0 Å². The molecule has 2 heterocycles. The predicted octanol–water partition coefficient (Wildman–Crippen LogP) is 2.82. The van der Waals surface area contributed by atoms with E-state index >= 15 is 0 Å². The Morgan fingerprint density at radius 3 is 2.68 bits per heavy atom. The Kier molecular flexibility index (Phi) is 4.43. The summed E-state index contributed by atoms with van der Waals surface area (Å²) in [5.41, 5.74) is 0. The highest BCUT2D eigenvalue weighted by Gasteiger charge is 2.38. The maximum atomic E-state index is 12.6. The quantitative estimate of drug-likeness (QED) is 0.924. The molecule has 9 heteroatoms. The largest absolute Gasteiger partial charge is 0.447 e. The second kappa shape index (κ2) is 5.98. The molecule has 1 fully saturated rings. The monoisotopic (exact) mass is 318 g/mol. The van der Waals surface area contributed by atoms with E-state index in [0.717, 1.165) is 6.92 Å². The highest BCUT2D eigenvalue weighted by atomic mass is 19.4. The van der Waals surface area contributed by atoms with Crippen LogP contribution < -0.4 is 10.2 Å². The zero-order chi connectivity index (χ0) is 16.5. The molecule has 0 aromatic carbocycles. The van der Waals surface area contributed by atoms with Gasteiger partial charge in [-0.3, -0.25) is 4.90 Å². The van der Waals surface area contributed by atoms with E-state index in [1.807, 2.05) is 13.8 Å². The molecule has 6 nitrogen and oxygen atoms in total. The molecule has 1 aliphatic heterocycles. The molecule has 1 aromatic rings. The number of hydrogen-bond acceptors (Lipinski definition) is 5. The Balaban J connectivity index is 2.22. The van der Waals surface area contributed by atoms with Gasteiger partial charge >= 0.3 is 12.3 Å². The maximum absolute atomic E-state index is 12.6. The first-order valence-electron chi connectivity index (χ1n) is 6.82. The first kappa shape index (κ1) is 16.3. The van der Waals surface area contributed by atoms with Gasteiger partial charge in [0.05, 0.1) is 6.04 Å². The van der Waals surface area contributed by atoms with Crippen molar-refractivity contribution in [3.63, 3.8) is 0 Å². The second-order valence-corrected chi connectivity index (χ2v) is 5.40. The number of carbonyl (C=O) groups excluding carboxylic acids is 1. The van der Waals surface area contributed by atoms with Crippen LogP contribution in [-0.2, 0) is 4.74 Å². The number of alkyl halides is 3. The number of anilines is 2. The first-order valence-corrected chi connectivity index (χ1v) is 6.82. The average molecular weight is 318 g/mol. The molecule has 122 valence electrons. The van der Waals surface area contributed by atoms with Crippen molar-refractivity contribution in [3.8, 4) is 0 Å². The molecular formula is C13H17F3N4O2. The van der Waals surface area contributed by atoms with E-state index in [9.17, 15) is 18.0 Å². The molecule has 1 N–H and O–H groups in total. The minimum absolute atomic E-state index is 0.118. The molecule has 2 atom stereocenters. The summed E-state index contributed by atoms with van der Waals surface area (Å²) >= 11 is 0. The van der Waals surface area contributed by atoms with E-state index in [2.05, 4.69) is 15.3 Å². The number of hydrogen-bond donors (Lipinski definition) is 1. The van der Waals surface area contributed by atoms with E-state index in [4.69, 9.17) is 4.74 Å². The number of halogens is 3. The van der Waals surface area contributed by atoms with Crippen LogP contribution in [0.5, 0.6) is 0 Å². The highest BCUT2D eigenvalue weighted by molar-refractivity contribution is 5.89. The van der Waals surface area contributed by atoms with E-state index in [1.54, 1.807) is 0 Å². The van der Waals surface area contributed by atoms with Gasteiger partial charge in [-0.25, -0.2) is 9.78 Å². The van der Waals surface area contributed by atoms with E-state index < -0.39 is 18.3 Å². The van der Waals surface area contributed by atoms with Crippen molar-refractivity contribution < 1.29 is 22.7 Å². The third-order valence-electron chi connectivity index (χ3n) is 3.40. The van der Waals surface area contributed by atoms with E-state index in [0.29, 0.717) is 0 Å². The smallest absolute Gasteiger partial charge is 0.415 e. The maximum Gasteiger partial charge on any atom is 0.415 e. The minimum Gasteiger partial charge on any atom is -0.447 e. The zero-order valence-corrected chi connectivity index (χ0v) is 12.4. The number of rotatable bonds is 4. The van der Waals surface area contributed by atoms with Crippen molar-refractivity contribution in [2.75, 3.05) is 16.8 Å². The van der Waals surface area contributed by atoms with Crippen molar-refractivity contribution in [3.05, 3.63) is 12.3 Å². The molecule has 0 bridgehead atoms. The molecule has 22 heavy (non-hydrogen) atoms. The topological polar surface area (TPSA) is 67.3 Å². The number of nitrogens with one attached hydrogen (secondary N) is 1. The van der Waals surface area contributed by atoms with Crippen LogP contribution in [0.25, 0.3) is 0 Å². The molecule has 0 radical (unpaired) electrons. The summed E-state index contributed by atoms with van der Waals surface area (Å²) < 4.78 is 42.7. The number of cyclic esters (lactones) is 1. The summed E-state index contributed by atoms with van der Waals surface area (Å²) in [5, 5.41) is 2.18. The normalized spacial score (nSPS) is 20.2. The van der Waals surface area contributed by atoms with Crippen LogP contribution in [0.2, 0.25) is 0 Å². The number of carbonyl (C=O) groups is 1. The Hall–Kier alpha value is -2.06. The lowest BCUT2D eigenvalue weighted by Gasteiger charge is -2.24. The molecule has 0 spiro atoms. The SMILES string of the molecule is CC(C)[C@H]1COC(=O)N1c1ccnc(N[C@@H](C)C(F)(F)F)n1. The summed E-state index contributed by atoms with van der Waals surface area (Å²) in [6, 6.07) is -0.546. The third-order valence-corrected chi connectivity index (χ3v) is 3.40. The van der Waals surface area contributed by atoms with Gasteiger partial charge in [0.2, 0.25) is 5.95 Å². The van der Waals surface area contributed by atoms with Crippen LogP contribution in [-0.4, -0.2) is 40.9 Å². The number of ether oxygens (including phenoxy) is 1. The number of aromatic nitrogens is 2. The Bertz CT molecular complexity index is 550. The Morgan fingerprint density at radius 2 is 2.09 bits per heavy atom. The van der Waals surface area contributed by atoms with Crippen LogP contribution >= 0.6 is 0 Å². The predicted molar refractivity (Wildman–Crippen MR) is 73.6 cm³/mol. The van der Waals surface area contributed by atoms with E-state index in [1.165, 1.54) is 17.2 Å². The van der Waals surface area contributed by atoms with Crippen LogP contribution in [0, 0.1) is 5.92 Å². The van der Waals surface area contributed by atoms with Gasteiger partial charge in [0.1, 0.15) is 18.5 Å². The van der Waals surface area contributed by atoms with Gasteiger partial charge < -0.3 is 10.1 Å². The van der Waals surface area contributed by atoms with Crippen molar-refractivity contribution in [2.24, 2.45) is 5.92 Å². The zero-order valence-electron chi connectivity index (χ0n) is 12.4. The number of amides is 1. The lowest BCUT2D eigenvalue weighted by Crippen LogP contribution is -2.38. The fourth-order valence-electron chi connectivity index (χ4n) is 2.02. The van der Waals surface area contributed by atoms with Crippen LogP contribution in [0.1, 0.15) is 20.8 Å². The van der Waals surface area contributed by atoms with Gasteiger partial charge in [-0.1, -0.05) is 13.8 Å². The van der Waals surface area contributed by atoms with Gasteiger partial charge in [-0.05, 0) is 18.9 Å². The Labute approximate surface area is 125 Å². The molecular weight excluding hydrogens is 301 g/mol. The number of nitrogens with zero attached hydrogens (tertiary/aromatic N) is 3. The molecule has 0 unspecified atom stereocenters. The van der Waals surface area contributed by atoms with Crippen molar-refractivity contribution in [1.29, 1.82) is 0 Å². The fraction of sp³-hybridized carbons (Fsp3) is 0.615. The molecule has 1 aromatic heterocycles.